The first-order chi connectivity index (χ1) is 11.5. The molecule has 0 spiro atoms. The molecule has 3 heterocycles. The van der Waals surface area contributed by atoms with Gasteiger partial charge in [-0.3, -0.25) is 9.10 Å². The molecule has 4 rings (SSSR count). The van der Waals surface area contributed by atoms with Gasteiger partial charge >= 0.3 is 0 Å². The average molecular weight is 349 g/mol. The van der Waals surface area contributed by atoms with Gasteiger partial charge in [-0.05, 0) is 48.9 Å². The van der Waals surface area contributed by atoms with E-state index in [1.165, 1.54) is 4.31 Å². The highest BCUT2D eigenvalue weighted by Gasteiger charge is 2.38. The van der Waals surface area contributed by atoms with Crippen molar-refractivity contribution < 1.29 is 13.2 Å². The number of rotatable bonds is 2. The molecule has 0 aromatic heterocycles. The SMILES string of the molecule is Cc1cc(N2CCCS2(=O)=O)ccc1C(=O)N1C[C@H]2CNC[C@H]2C1. The normalized spacial score (nSPS) is 28.4. The highest BCUT2D eigenvalue weighted by molar-refractivity contribution is 7.93. The zero-order chi connectivity index (χ0) is 16.9. The number of carbonyl (C=O) groups excluding carboxylic acids is 1. The smallest absolute Gasteiger partial charge is 0.254 e. The minimum atomic E-state index is -3.18. The van der Waals surface area contributed by atoms with Crippen LogP contribution >= 0.6 is 0 Å². The Labute approximate surface area is 142 Å². The fourth-order valence-electron chi connectivity index (χ4n) is 4.16. The number of nitrogens with one attached hydrogen (secondary N) is 1. The molecule has 3 aliphatic rings. The standard InChI is InChI=1S/C17H23N3O3S/c1-12-7-15(20-5-2-6-24(20,22)23)3-4-16(12)17(21)19-10-13-8-18-9-14(13)11-19/h3-4,7,13-14,18H,2,5-6,8-11H2,1H3/t13-,14+. The third-order valence-electron chi connectivity index (χ3n) is 5.50. The summed E-state index contributed by atoms with van der Waals surface area (Å²) in [6.07, 6.45) is 0.659. The quantitative estimate of drug-likeness (QED) is 0.858. The number of amides is 1. The number of sulfonamides is 1. The molecule has 2 atom stereocenters. The molecule has 1 N–H and O–H groups in total. The van der Waals surface area contributed by atoms with Crippen LogP contribution in [-0.2, 0) is 10.0 Å². The van der Waals surface area contributed by atoms with Crippen LogP contribution in [0.2, 0.25) is 0 Å². The maximum Gasteiger partial charge on any atom is 0.254 e. The molecule has 1 aromatic carbocycles. The first kappa shape index (κ1) is 15.9. The summed E-state index contributed by atoms with van der Waals surface area (Å²) in [4.78, 5) is 14.8. The van der Waals surface area contributed by atoms with Gasteiger partial charge in [0.2, 0.25) is 10.0 Å². The van der Waals surface area contributed by atoms with Crippen molar-refractivity contribution in [3.8, 4) is 0 Å². The third kappa shape index (κ3) is 2.59. The lowest BCUT2D eigenvalue weighted by molar-refractivity contribution is 0.0781. The van der Waals surface area contributed by atoms with Gasteiger partial charge in [-0.2, -0.15) is 0 Å². The number of nitrogens with zero attached hydrogens (tertiary/aromatic N) is 2. The molecule has 3 saturated heterocycles. The summed E-state index contributed by atoms with van der Waals surface area (Å²) in [5, 5.41) is 3.38. The fraction of sp³-hybridized carbons (Fsp3) is 0.588. The Morgan fingerprint density at radius 1 is 1.21 bits per heavy atom. The molecule has 7 heteroatoms. The van der Waals surface area contributed by atoms with Crippen molar-refractivity contribution in [1.29, 1.82) is 0 Å². The highest BCUT2D eigenvalue weighted by atomic mass is 32.2. The van der Waals surface area contributed by atoms with Gasteiger partial charge in [0.1, 0.15) is 0 Å². The second kappa shape index (κ2) is 5.74. The lowest BCUT2D eigenvalue weighted by Crippen LogP contribution is -2.32. The summed E-state index contributed by atoms with van der Waals surface area (Å²) in [5.74, 6) is 1.42. The van der Waals surface area contributed by atoms with E-state index in [0.29, 0.717) is 36.1 Å². The van der Waals surface area contributed by atoms with E-state index in [4.69, 9.17) is 0 Å². The van der Waals surface area contributed by atoms with Crippen LogP contribution in [0.15, 0.2) is 18.2 Å². The molecule has 0 aliphatic carbocycles. The number of fused-ring (bicyclic) bond motifs is 1. The summed E-state index contributed by atoms with van der Waals surface area (Å²) in [7, 11) is -3.18. The minimum absolute atomic E-state index is 0.0673. The predicted molar refractivity (Wildman–Crippen MR) is 92.7 cm³/mol. The summed E-state index contributed by atoms with van der Waals surface area (Å²) in [6.45, 7) is 6.05. The number of hydrogen-bond donors (Lipinski definition) is 1. The van der Waals surface area contributed by atoms with Gasteiger partial charge in [-0.1, -0.05) is 0 Å². The van der Waals surface area contributed by atoms with Crippen molar-refractivity contribution >= 4 is 21.6 Å². The van der Waals surface area contributed by atoms with Gasteiger partial charge in [0.25, 0.3) is 5.91 Å². The van der Waals surface area contributed by atoms with Gasteiger partial charge in [-0.25, -0.2) is 8.42 Å². The second-order valence-corrected chi connectivity index (χ2v) is 9.14. The van der Waals surface area contributed by atoms with E-state index in [9.17, 15) is 13.2 Å². The maximum absolute atomic E-state index is 12.8. The van der Waals surface area contributed by atoms with Crippen LogP contribution in [0.5, 0.6) is 0 Å². The van der Waals surface area contributed by atoms with E-state index in [-0.39, 0.29) is 11.7 Å². The molecule has 0 bridgehead atoms. The van der Waals surface area contributed by atoms with Crippen molar-refractivity contribution in [2.45, 2.75) is 13.3 Å². The molecule has 3 aliphatic heterocycles. The Bertz CT molecular complexity index is 765. The number of hydrogen-bond acceptors (Lipinski definition) is 4. The Morgan fingerprint density at radius 3 is 2.50 bits per heavy atom. The second-order valence-electron chi connectivity index (χ2n) is 7.13. The Hall–Kier alpha value is -1.60. The molecule has 0 unspecified atom stereocenters. The number of likely N-dealkylation sites (tertiary alicyclic amines) is 1. The van der Waals surface area contributed by atoms with Gasteiger partial charge in [0.15, 0.2) is 0 Å². The Kier molecular flexibility index (Phi) is 3.80. The lowest BCUT2D eigenvalue weighted by Gasteiger charge is -2.21. The molecule has 3 fully saturated rings. The molecular formula is C17H23N3O3S. The topological polar surface area (TPSA) is 69.7 Å². The molecule has 24 heavy (non-hydrogen) atoms. The van der Waals surface area contributed by atoms with Gasteiger partial charge in [0.05, 0.1) is 11.4 Å². The number of aryl methyl sites for hydroxylation is 1. The van der Waals surface area contributed by atoms with Crippen molar-refractivity contribution in [2.75, 3.05) is 42.8 Å². The van der Waals surface area contributed by atoms with E-state index in [1.54, 1.807) is 12.1 Å². The van der Waals surface area contributed by atoms with Gasteiger partial charge in [0, 0.05) is 38.3 Å². The molecule has 1 amide bonds. The van der Waals surface area contributed by atoms with Gasteiger partial charge in [-0.15, -0.1) is 0 Å². The Morgan fingerprint density at radius 2 is 1.92 bits per heavy atom. The fourth-order valence-corrected chi connectivity index (χ4v) is 5.72. The Balaban J connectivity index is 1.55. The van der Waals surface area contributed by atoms with Gasteiger partial charge < -0.3 is 10.2 Å². The van der Waals surface area contributed by atoms with Crippen LogP contribution in [0.3, 0.4) is 0 Å². The predicted octanol–water partition coefficient (Wildman–Crippen LogP) is 0.826. The van der Waals surface area contributed by atoms with Crippen molar-refractivity contribution in [3.63, 3.8) is 0 Å². The van der Waals surface area contributed by atoms with Crippen molar-refractivity contribution in [1.82, 2.24) is 10.2 Å². The molecule has 0 saturated carbocycles. The van der Waals surface area contributed by atoms with E-state index >= 15 is 0 Å². The maximum atomic E-state index is 12.8. The van der Waals surface area contributed by atoms with Crippen LogP contribution in [-0.4, -0.2) is 57.7 Å². The van der Waals surface area contributed by atoms with Crippen LogP contribution in [0.25, 0.3) is 0 Å². The van der Waals surface area contributed by atoms with E-state index in [1.807, 2.05) is 17.9 Å². The largest absolute Gasteiger partial charge is 0.338 e. The first-order valence-electron chi connectivity index (χ1n) is 8.57. The monoisotopic (exact) mass is 349 g/mol. The van der Waals surface area contributed by atoms with E-state index in [2.05, 4.69) is 5.32 Å². The average Bonchev–Trinajstić information content (AvgIpc) is 3.20. The zero-order valence-corrected chi connectivity index (χ0v) is 14.7. The van der Waals surface area contributed by atoms with Crippen molar-refractivity contribution in [2.24, 2.45) is 11.8 Å². The summed E-state index contributed by atoms with van der Waals surface area (Å²) < 4.78 is 25.6. The molecule has 130 valence electrons. The van der Waals surface area contributed by atoms with Crippen LogP contribution in [0, 0.1) is 18.8 Å². The van der Waals surface area contributed by atoms with Crippen LogP contribution in [0.4, 0.5) is 5.69 Å². The number of benzene rings is 1. The van der Waals surface area contributed by atoms with Crippen molar-refractivity contribution in [3.05, 3.63) is 29.3 Å². The summed E-state index contributed by atoms with van der Waals surface area (Å²) >= 11 is 0. The molecule has 6 nitrogen and oxygen atoms in total. The number of anilines is 1. The summed E-state index contributed by atoms with van der Waals surface area (Å²) in [6, 6.07) is 5.38. The molecular weight excluding hydrogens is 326 g/mol. The first-order valence-corrected chi connectivity index (χ1v) is 10.2. The van der Waals surface area contributed by atoms with Crippen LogP contribution < -0.4 is 9.62 Å². The van der Waals surface area contributed by atoms with E-state index < -0.39 is 10.0 Å². The minimum Gasteiger partial charge on any atom is -0.338 e. The zero-order valence-electron chi connectivity index (χ0n) is 13.9. The highest BCUT2D eigenvalue weighted by Crippen LogP contribution is 2.30. The molecule has 0 radical (unpaired) electrons. The van der Waals surface area contributed by atoms with E-state index in [0.717, 1.165) is 31.7 Å². The lowest BCUT2D eigenvalue weighted by atomic mass is 10.0. The third-order valence-corrected chi connectivity index (χ3v) is 7.37. The summed E-state index contributed by atoms with van der Waals surface area (Å²) in [5.41, 5.74) is 2.20. The molecule has 1 aromatic rings. The van der Waals surface area contributed by atoms with Crippen LogP contribution in [0.1, 0.15) is 22.3 Å². The number of carbonyl (C=O) groups is 1.